The Kier molecular flexibility index (Phi) is 11.8. The van der Waals surface area contributed by atoms with Crippen molar-refractivity contribution in [1.29, 1.82) is 0 Å². The Balaban J connectivity index is 1.39. The monoisotopic (exact) mass is 732 g/mol. The average molecular weight is 733 g/mol. The van der Waals surface area contributed by atoms with Gasteiger partial charge in [0.2, 0.25) is 0 Å². The molecule has 0 aromatic carbocycles. The minimum atomic E-state index is -1.62. The molecule has 2 aliphatic heterocycles. The van der Waals surface area contributed by atoms with Gasteiger partial charge in [-0.3, -0.25) is 4.79 Å². The number of rotatable bonds is 10. The van der Waals surface area contributed by atoms with Gasteiger partial charge >= 0.3 is 5.97 Å². The lowest BCUT2D eigenvalue weighted by Crippen LogP contribution is -2.66. The first-order chi connectivity index (χ1) is 24.1. The summed E-state index contributed by atoms with van der Waals surface area (Å²) in [7, 11) is 0. The van der Waals surface area contributed by atoms with Crippen LogP contribution in [0.4, 0.5) is 0 Å². The molecule has 0 amide bonds. The lowest BCUT2D eigenvalue weighted by atomic mass is 9.43. The van der Waals surface area contributed by atoms with E-state index >= 15 is 0 Å². The Bertz CT molecular complexity index is 1210. The third-order valence-corrected chi connectivity index (χ3v) is 14.6. The highest BCUT2D eigenvalue weighted by Gasteiger charge is 2.68. The summed E-state index contributed by atoms with van der Waals surface area (Å²) in [6.45, 7) is 5.21. The first-order valence-corrected chi connectivity index (χ1v) is 18.9. The molecule has 4 saturated carbocycles. The fraction of sp³-hybridized carbons (Fsp3) is 0.972. The SMILES string of the molecule is C[C@H](CCC(=O)O)[C@H]1CC[C@H]2[C@@H]3[C@H](O[C@H]4O[C@H](CO)[C@H](O)[C@H](O)[C@H]4O)C[C@H]4C[C@H](O)CC[C@]4(C)[C@H]3C[C@H](O[C@H]3O[C@H](CO)[C@@H](O)[C@H](O)[C@H]3O)[C@]12C. The number of hydrogen-bond acceptors (Lipinski definition) is 14. The van der Waals surface area contributed by atoms with E-state index < -0.39 is 104 Å². The van der Waals surface area contributed by atoms with E-state index in [1.807, 2.05) is 6.92 Å². The molecule has 51 heavy (non-hydrogen) atoms. The Morgan fingerprint density at radius 1 is 0.765 bits per heavy atom. The molecule has 6 rings (SSSR count). The topological polar surface area (TPSA) is 256 Å². The van der Waals surface area contributed by atoms with Crippen LogP contribution in [0.25, 0.3) is 0 Å². The first kappa shape index (κ1) is 39.6. The zero-order chi connectivity index (χ0) is 37.2. The van der Waals surface area contributed by atoms with E-state index in [-0.39, 0.29) is 47.3 Å². The van der Waals surface area contributed by atoms with E-state index in [0.29, 0.717) is 32.1 Å². The van der Waals surface area contributed by atoms with Crippen molar-refractivity contribution in [3.05, 3.63) is 0 Å². The quantitative estimate of drug-likeness (QED) is 0.122. The Hall–Kier alpha value is -1.05. The van der Waals surface area contributed by atoms with Crippen molar-refractivity contribution in [2.75, 3.05) is 13.2 Å². The van der Waals surface area contributed by atoms with E-state index in [1.165, 1.54) is 0 Å². The van der Waals surface area contributed by atoms with Gasteiger partial charge in [-0.05, 0) is 92.3 Å². The molecule has 21 atom stereocenters. The number of carboxylic acids is 1. The van der Waals surface area contributed by atoms with E-state index in [0.717, 1.165) is 19.3 Å². The van der Waals surface area contributed by atoms with Gasteiger partial charge in [-0.1, -0.05) is 20.8 Å². The van der Waals surface area contributed by atoms with Crippen LogP contribution < -0.4 is 0 Å². The van der Waals surface area contributed by atoms with Crippen molar-refractivity contribution in [3.8, 4) is 0 Å². The maximum absolute atomic E-state index is 11.6. The van der Waals surface area contributed by atoms with Gasteiger partial charge < -0.3 is 70.0 Å². The van der Waals surface area contributed by atoms with E-state index in [4.69, 9.17) is 18.9 Å². The maximum Gasteiger partial charge on any atom is 0.303 e. The van der Waals surface area contributed by atoms with Gasteiger partial charge in [0.25, 0.3) is 0 Å². The number of aliphatic hydroxyl groups excluding tert-OH is 9. The molecule has 10 N–H and O–H groups in total. The third-order valence-electron chi connectivity index (χ3n) is 14.6. The van der Waals surface area contributed by atoms with Crippen molar-refractivity contribution in [2.45, 2.75) is 158 Å². The second-order valence-corrected chi connectivity index (χ2v) is 17.0. The largest absolute Gasteiger partial charge is 0.481 e. The molecular weight excluding hydrogens is 672 g/mol. The van der Waals surface area contributed by atoms with Crippen molar-refractivity contribution in [1.82, 2.24) is 0 Å². The van der Waals surface area contributed by atoms with Crippen molar-refractivity contribution in [3.63, 3.8) is 0 Å². The molecule has 0 aromatic rings. The Labute approximate surface area is 298 Å². The molecule has 6 aliphatic rings. The van der Waals surface area contributed by atoms with Crippen LogP contribution in [0.5, 0.6) is 0 Å². The molecule has 0 spiro atoms. The lowest BCUT2D eigenvalue weighted by Gasteiger charge is -2.65. The molecule has 6 fully saturated rings. The predicted molar refractivity (Wildman–Crippen MR) is 175 cm³/mol. The lowest BCUT2D eigenvalue weighted by molar-refractivity contribution is -0.346. The second-order valence-electron chi connectivity index (χ2n) is 17.0. The van der Waals surface area contributed by atoms with Crippen molar-refractivity contribution < 1.29 is 74.8 Å². The predicted octanol–water partition coefficient (Wildman–Crippen LogP) is -0.903. The molecule has 294 valence electrons. The highest BCUT2D eigenvalue weighted by molar-refractivity contribution is 5.66. The van der Waals surface area contributed by atoms with Crippen molar-refractivity contribution >= 4 is 5.97 Å². The summed E-state index contributed by atoms with van der Waals surface area (Å²) in [5, 5.41) is 104. The van der Waals surface area contributed by atoms with Gasteiger partial charge in [-0.25, -0.2) is 0 Å². The van der Waals surface area contributed by atoms with Crippen LogP contribution in [0.2, 0.25) is 0 Å². The number of ether oxygens (including phenoxy) is 4. The van der Waals surface area contributed by atoms with Crippen LogP contribution in [0, 0.1) is 46.3 Å². The molecule has 0 radical (unpaired) electrons. The zero-order valence-corrected chi connectivity index (χ0v) is 29.8. The number of carbonyl (C=O) groups is 1. The summed E-state index contributed by atoms with van der Waals surface area (Å²) in [5.74, 6) is -1.23. The summed E-state index contributed by atoms with van der Waals surface area (Å²) in [4.78, 5) is 11.6. The number of aliphatic hydroxyl groups is 9. The number of carboxylic acid groups (broad SMARTS) is 1. The zero-order valence-electron chi connectivity index (χ0n) is 29.8. The van der Waals surface area contributed by atoms with Crippen molar-refractivity contribution in [2.24, 2.45) is 46.3 Å². The molecule has 2 heterocycles. The summed E-state index contributed by atoms with van der Waals surface area (Å²) >= 11 is 0. The van der Waals surface area contributed by atoms with Gasteiger partial charge in [0, 0.05) is 11.8 Å². The second kappa shape index (κ2) is 15.2. The molecule has 0 unspecified atom stereocenters. The van der Waals surface area contributed by atoms with Gasteiger partial charge in [0.05, 0.1) is 31.5 Å². The summed E-state index contributed by atoms with van der Waals surface area (Å²) in [5.41, 5.74) is -0.906. The summed E-state index contributed by atoms with van der Waals surface area (Å²) in [6.07, 6.45) is -11.3. The Morgan fingerprint density at radius 3 is 1.92 bits per heavy atom. The minimum absolute atomic E-state index is 0.00124. The maximum atomic E-state index is 11.6. The Morgan fingerprint density at radius 2 is 1.35 bits per heavy atom. The molecule has 2 saturated heterocycles. The minimum Gasteiger partial charge on any atom is -0.481 e. The summed E-state index contributed by atoms with van der Waals surface area (Å²) in [6, 6.07) is 0. The van der Waals surface area contributed by atoms with Crippen LogP contribution in [-0.4, -0.2) is 150 Å². The average Bonchev–Trinajstić information content (AvgIpc) is 3.46. The van der Waals surface area contributed by atoms with Crippen LogP contribution in [0.3, 0.4) is 0 Å². The van der Waals surface area contributed by atoms with E-state index in [2.05, 4.69) is 13.8 Å². The smallest absolute Gasteiger partial charge is 0.303 e. The van der Waals surface area contributed by atoms with Gasteiger partial charge in [0.15, 0.2) is 12.6 Å². The van der Waals surface area contributed by atoms with Crippen LogP contribution in [0.15, 0.2) is 0 Å². The fourth-order valence-electron chi connectivity index (χ4n) is 11.7. The van der Waals surface area contributed by atoms with Gasteiger partial charge in [0.1, 0.15) is 48.8 Å². The standard InChI is InChI=1S/C36H60O15/c1-15(4-7-25(40)41)18-5-6-19-26-20(12-24(36(18,19)3)51-34-32(47)30(45)28(43)23(14-38)50-34)35(2)9-8-17(39)10-16(35)11-21(26)48-33-31(46)29(44)27(42)22(13-37)49-33/h15-24,26-34,37-39,42-47H,4-14H2,1-3H3,(H,40,41)/t15-,16-,17-,18-,19+,20+,21-,22-,23-,24+,26+,27+,28-,29+,30+,31-,32-,33+,34-,35+,36-/m1/s1. The molecule has 4 aliphatic carbocycles. The summed E-state index contributed by atoms with van der Waals surface area (Å²) < 4.78 is 25.2. The fourth-order valence-corrected chi connectivity index (χ4v) is 11.7. The molecular formula is C36H60O15. The number of fused-ring (bicyclic) bond motifs is 5. The highest BCUT2D eigenvalue weighted by Crippen LogP contribution is 2.69. The van der Waals surface area contributed by atoms with Crippen LogP contribution >= 0.6 is 0 Å². The van der Waals surface area contributed by atoms with Crippen LogP contribution in [0.1, 0.15) is 78.6 Å². The molecule has 0 aromatic heterocycles. The molecule has 15 nitrogen and oxygen atoms in total. The first-order valence-electron chi connectivity index (χ1n) is 18.9. The van der Waals surface area contributed by atoms with E-state index in [9.17, 15) is 55.9 Å². The van der Waals surface area contributed by atoms with E-state index in [1.54, 1.807) is 0 Å². The third kappa shape index (κ3) is 6.91. The highest BCUT2D eigenvalue weighted by atomic mass is 16.7. The van der Waals surface area contributed by atoms with Gasteiger partial charge in [-0.2, -0.15) is 0 Å². The number of hydrogen-bond donors (Lipinski definition) is 10. The number of aliphatic carboxylic acids is 1. The molecule has 0 bridgehead atoms. The normalized spacial score (nSPS) is 53.5. The van der Waals surface area contributed by atoms with Crippen LogP contribution in [-0.2, 0) is 23.7 Å². The van der Waals surface area contributed by atoms with Gasteiger partial charge in [-0.15, -0.1) is 0 Å². The molecule has 15 heteroatoms.